The number of rotatable bonds is 5. The van der Waals surface area contributed by atoms with Gasteiger partial charge < -0.3 is 4.57 Å². The number of hydrogen-bond acceptors (Lipinski definition) is 1. The Balaban J connectivity index is 1.60. The Morgan fingerprint density at radius 2 is 1.64 bits per heavy atom. The molecule has 2 nitrogen and oxygen atoms in total. The highest BCUT2D eigenvalue weighted by atomic mass is 15.1. The van der Waals surface area contributed by atoms with Crippen LogP contribution < -0.4 is 0 Å². The summed E-state index contributed by atoms with van der Waals surface area (Å²) in [7, 11) is 0. The lowest BCUT2D eigenvalue weighted by Gasteiger charge is -2.22. The van der Waals surface area contributed by atoms with Crippen molar-refractivity contribution in [1.29, 1.82) is 0 Å². The first-order chi connectivity index (χ1) is 12.4. The van der Waals surface area contributed by atoms with Crippen molar-refractivity contribution in [3.8, 4) is 0 Å². The van der Waals surface area contributed by atoms with Crippen molar-refractivity contribution in [3.05, 3.63) is 66.0 Å². The van der Waals surface area contributed by atoms with E-state index in [1.165, 1.54) is 49.6 Å². The zero-order chi connectivity index (χ0) is 16.9. The molecule has 1 aromatic heterocycles. The zero-order valence-corrected chi connectivity index (χ0v) is 14.8. The molecule has 2 heteroatoms. The second kappa shape index (κ2) is 7.69. The summed E-state index contributed by atoms with van der Waals surface area (Å²) < 4.78 is 2.41. The minimum Gasteiger partial charge on any atom is -0.324 e. The zero-order valence-electron chi connectivity index (χ0n) is 14.8. The average Bonchev–Trinajstić information content (AvgIpc) is 3.04. The van der Waals surface area contributed by atoms with Gasteiger partial charge in [-0.3, -0.25) is 0 Å². The lowest BCUT2D eigenvalue weighted by atomic mass is 9.87. The van der Waals surface area contributed by atoms with Crippen molar-refractivity contribution < 1.29 is 0 Å². The second-order valence-electron chi connectivity index (χ2n) is 7.15. The molecule has 0 aliphatic heterocycles. The highest BCUT2D eigenvalue weighted by Gasteiger charge is 2.15. The summed E-state index contributed by atoms with van der Waals surface area (Å²) in [5, 5.41) is 0. The smallest absolute Gasteiger partial charge is 0.133 e. The minimum atomic E-state index is 0.890. The third kappa shape index (κ3) is 3.84. The van der Waals surface area contributed by atoms with Crippen LogP contribution in [0.2, 0.25) is 0 Å². The van der Waals surface area contributed by atoms with E-state index in [9.17, 15) is 0 Å². The molecule has 1 fully saturated rings. The average molecular weight is 330 g/mol. The number of para-hydroxylation sites is 2. The molecule has 1 saturated carbocycles. The SMILES string of the molecule is C(=C\c1nc2ccccc2n1CCC1CCCCC1)/c1ccccc1. The molecule has 128 valence electrons. The van der Waals surface area contributed by atoms with Crippen LogP contribution in [0.15, 0.2) is 54.6 Å². The van der Waals surface area contributed by atoms with Crippen molar-refractivity contribution >= 4 is 23.2 Å². The Bertz CT molecular complexity index is 839. The molecule has 0 saturated heterocycles. The van der Waals surface area contributed by atoms with Crippen LogP contribution in [0.1, 0.15) is 49.9 Å². The minimum absolute atomic E-state index is 0.890. The van der Waals surface area contributed by atoms with E-state index >= 15 is 0 Å². The normalized spacial score (nSPS) is 16.0. The van der Waals surface area contributed by atoms with Crippen LogP contribution in [0.4, 0.5) is 0 Å². The fourth-order valence-electron chi connectivity index (χ4n) is 3.98. The van der Waals surface area contributed by atoms with Crippen molar-refractivity contribution in [2.45, 2.75) is 45.1 Å². The molecule has 0 atom stereocenters. The number of imidazole rings is 1. The molecule has 0 bridgehead atoms. The topological polar surface area (TPSA) is 17.8 Å². The maximum atomic E-state index is 4.87. The maximum absolute atomic E-state index is 4.87. The quantitative estimate of drug-likeness (QED) is 0.546. The second-order valence-corrected chi connectivity index (χ2v) is 7.15. The molecule has 1 aliphatic rings. The molecule has 0 N–H and O–H groups in total. The fraction of sp³-hybridized carbons (Fsp3) is 0.348. The summed E-state index contributed by atoms with van der Waals surface area (Å²) in [5.41, 5.74) is 3.57. The third-order valence-electron chi connectivity index (χ3n) is 5.39. The van der Waals surface area contributed by atoms with Gasteiger partial charge in [-0.15, -0.1) is 0 Å². The van der Waals surface area contributed by atoms with Crippen LogP contribution in [0, 0.1) is 5.92 Å². The fourth-order valence-corrected chi connectivity index (χ4v) is 3.98. The summed E-state index contributed by atoms with van der Waals surface area (Å²) >= 11 is 0. The molecule has 3 aromatic rings. The molecular formula is C23H26N2. The Kier molecular flexibility index (Phi) is 4.96. The summed E-state index contributed by atoms with van der Waals surface area (Å²) in [6.45, 7) is 1.07. The molecule has 4 rings (SSSR count). The summed E-state index contributed by atoms with van der Waals surface area (Å²) in [6, 6.07) is 19.0. The van der Waals surface area contributed by atoms with E-state index in [4.69, 9.17) is 4.98 Å². The van der Waals surface area contributed by atoms with Crippen LogP contribution in [-0.4, -0.2) is 9.55 Å². The van der Waals surface area contributed by atoms with E-state index in [0.29, 0.717) is 0 Å². The number of aryl methyl sites for hydroxylation is 1. The predicted molar refractivity (Wildman–Crippen MR) is 106 cm³/mol. The monoisotopic (exact) mass is 330 g/mol. The Hall–Kier alpha value is -2.35. The van der Waals surface area contributed by atoms with E-state index < -0.39 is 0 Å². The van der Waals surface area contributed by atoms with Crippen LogP contribution in [0.25, 0.3) is 23.2 Å². The molecular weight excluding hydrogens is 304 g/mol. The summed E-state index contributed by atoms with van der Waals surface area (Å²) in [4.78, 5) is 4.87. The van der Waals surface area contributed by atoms with Crippen LogP contribution >= 0.6 is 0 Å². The van der Waals surface area contributed by atoms with Gasteiger partial charge in [-0.25, -0.2) is 4.98 Å². The number of aromatic nitrogens is 2. The molecule has 0 unspecified atom stereocenters. The van der Waals surface area contributed by atoms with E-state index in [1.54, 1.807) is 0 Å². The van der Waals surface area contributed by atoms with Crippen LogP contribution in [0.5, 0.6) is 0 Å². The van der Waals surface area contributed by atoms with Gasteiger partial charge in [0, 0.05) is 6.54 Å². The largest absolute Gasteiger partial charge is 0.324 e. The number of nitrogens with zero attached hydrogens (tertiary/aromatic N) is 2. The Morgan fingerprint density at radius 1 is 0.880 bits per heavy atom. The predicted octanol–water partition coefficient (Wildman–Crippen LogP) is 6.18. The third-order valence-corrected chi connectivity index (χ3v) is 5.39. The number of fused-ring (bicyclic) bond motifs is 1. The molecule has 25 heavy (non-hydrogen) atoms. The summed E-state index contributed by atoms with van der Waals surface area (Å²) in [5.74, 6) is 1.96. The highest BCUT2D eigenvalue weighted by Crippen LogP contribution is 2.28. The van der Waals surface area contributed by atoms with E-state index in [2.05, 4.69) is 71.3 Å². The maximum Gasteiger partial charge on any atom is 0.133 e. The molecule has 0 radical (unpaired) electrons. The summed E-state index contributed by atoms with van der Waals surface area (Å²) in [6.07, 6.45) is 12.7. The first-order valence-corrected chi connectivity index (χ1v) is 9.58. The molecule has 1 aliphatic carbocycles. The standard InChI is InChI=1S/C23H26N2/c1-3-9-19(10-4-1)15-16-23-24-21-13-7-8-14-22(21)25(23)18-17-20-11-5-2-6-12-20/h1,3-4,7-10,13-16,20H,2,5-6,11-12,17-18H2/b16-15+. The van der Waals surface area contributed by atoms with Gasteiger partial charge >= 0.3 is 0 Å². The van der Waals surface area contributed by atoms with Crippen LogP contribution in [-0.2, 0) is 6.54 Å². The lowest BCUT2D eigenvalue weighted by Crippen LogP contribution is -2.11. The van der Waals surface area contributed by atoms with Gasteiger partial charge in [0.05, 0.1) is 11.0 Å². The van der Waals surface area contributed by atoms with E-state index in [0.717, 1.165) is 23.8 Å². The number of hydrogen-bond donors (Lipinski definition) is 0. The first-order valence-electron chi connectivity index (χ1n) is 9.58. The van der Waals surface area contributed by atoms with Gasteiger partial charge in [0.25, 0.3) is 0 Å². The van der Waals surface area contributed by atoms with E-state index in [1.807, 2.05) is 0 Å². The van der Waals surface area contributed by atoms with Gasteiger partial charge in [0.1, 0.15) is 5.82 Å². The highest BCUT2D eigenvalue weighted by molar-refractivity contribution is 5.79. The van der Waals surface area contributed by atoms with Gasteiger partial charge in [0.2, 0.25) is 0 Å². The van der Waals surface area contributed by atoms with Gasteiger partial charge in [-0.2, -0.15) is 0 Å². The van der Waals surface area contributed by atoms with Gasteiger partial charge in [-0.05, 0) is 36.1 Å². The van der Waals surface area contributed by atoms with E-state index in [-0.39, 0.29) is 0 Å². The molecule has 0 amide bonds. The Labute approximate surface area is 150 Å². The van der Waals surface area contributed by atoms with Crippen molar-refractivity contribution in [1.82, 2.24) is 9.55 Å². The van der Waals surface area contributed by atoms with Gasteiger partial charge in [0.15, 0.2) is 0 Å². The van der Waals surface area contributed by atoms with Crippen molar-refractivity contribution in [2.75, 3.05) is 0 Å². The van der Waals surface area contributed by atoms with Gasteiger partial charge in [-0.1, -0.05) is 80.6 Å². The molecule has 1 heterocycles. The lowest BCUT2D eigenvalue weighted by molar-refractivity contribution is 0.325. The molecule has 0 spiro atoms. The molecule has 2 aromatic carbocycles. The first kappa shape index (κ1) is 16.1. The Morgan fingerprint density at radius 3 is 2.48 bits per heavy atom. The van der Waals surface area contributed by atoms with Crippen molar-refractivity contribution in [3.63, 3.8) is 0 Å². The van der Waals surface area contributed by atoms with Crippen LogP contribution in [0.3, 0.4) is 0 Å². The number of benzene rings is 2. The van der Waals surface area contributed by atoms with Crippen molar-refractivity contribution in [2.24, 2.45) is 5.92 Å².